The lowest BCUT2D eigenvalue weighted by molar-refractivity contribution is 0.280. The molecule has 2 rings (SSSR count). The van der Waals surface area contributed by atoms with Crippen molar-refractivity contribution in [3.63, 3.8) is 0 Å². The van der Waals surface area contributed by atoms with Gasteiger partial charge in [-0.05, 0) is 29.7 Å². The minimum Gasteiger partial charge on any atom is -0.392 e. The highest BCUT2D eigenvalue weighted by molar-refractivity contribution is 7.92. The van der Waals surface area contributed by atoms with Crippen molar-refractivity contribution in [1.29, 1.82) is 0 Å². The fourth-order valence-electron chi connectivity index (χ4n) is 1.95. The molecule has 0 spiro atoms. The molecule has 1 aromatic heterocycles. The number of hydrogen-bond donors (Lipinski definition) is 2. The molecule has 0 aliphatic heterocycles. The number of rotatable bonds is 5. The van der Waals surface area contributed by atoms with Gasteiger partial charge in [0, 0.05) is 13.2 Å². The van der Waals surface area contributed by atoms with E-state index in [1.807, 2.05) is 6.92 Å². The third kappa shape index (κ3) is 3.00. The Morgan fingerprint density at radius 2 is 2.10 bits per heavy atom. The van der Waals surface area contributed by atoms with E-state index in [1.165, 1.54) is 23.0 Å². The van der Waals surface area contributed by atoms with E-state index in [2.05, 4.69) is 9.82 Å². The summed E-state index contributed by atoms with van der Waals surface area (Å²) in [6.07, 6.45) is 3.75. The van der Waals surface area contributed by atoms with Gasteiger partial charge >= 0.3 is 0 Å². The van der Waals surface area contributed by atoms with Gasteiger partial charge < -0.3 is 5.11 Å². The van der Waals surface area contributed by atoms with Crippen LogP contribution in [0.1, 0.15) is 18.1 Å². The average molecular weight is 295 g/mol. The molecular formula is C13H17N3O3S. The van der Waals surface area contributed by atoms with Crippen LogP contribution in [-0.2, 0) is 30.1 Å². The van der Waals surface area contributed by atoms with Crippen LogP contribution in [0.25, 0.3) is 0 Å². The molecule has 2 aromatic rings. The third-order valence-corrected chi connectivity index (χ3v) is 4.38. The quantitative estimate of drug-likeness (QED) is 0.870. The predicted molar refractivity (Wildman–Crippen MR) is 75.8 cm³/mol. The largest absolute Gasteiger partial charge is 0.392 e. The van der Waals surface area contributed by atoms with Gasteiger partial charge in [0.05, 0.1) is 23.4 Å². The molecule has 0 bridgehead atoms. The highest BCUT2D eigenvalue weighted by atomic mass is 32.2. The monoisotopic (exact) mass is 295 g/mol. The van der Waals surface area contributed by atoms with Crippen LogP contribution in [0.5, 0.6) is 0 Å². The molecule has 0 aliphatic carbocycles. The molecule has 1 aromatic carbocycles. The summed E-state index contributed by atoms with van der Waals surface area (Å²) in [6.45, 7) is 1.77. The summed E-state index contributed by atoms with van der Waals surface area (Å²) in [7, 11) is -1.97. The van der Waals surface area contributed by atoms with Crippen LogP contribution in [-0.4, -0.2) is 23.3 Å². The Bertz CT molecular complexity index is 707. The Hall–Kier alpha value is -1.86. The Kier molecular flexibility index (Phi) is 4.10. The van der Waals surface area contributed by atoms with Crippen molar-refractivity contribution in [1.82, 2.24) is 9.78 Å². The Balaban J connectivity index is 2.34. The highest BCUT2D eigenvalue weighted by Gasteiger charge is 2.16. The molecule has 0 atom stereocenters. The average Bonchev–Trinajstić information content (AvgIpc) is 2.82. The lowest BCUT2D eigenvalue weighted by atomic mass is 10.1. The van der Waals surface area contributed by atoms with Gasteiger partial charge in [0.25, 0.3) is 10.0 Å². The molecule has 20 heavy (non-hydrogen) atoms. The predicted octanol–water partition coefficient (Wildman–Crippen LogP) is 1.28. The van der Waals surface area contributed by atoms with Crippen LogP contribution in [0, 0.1) is 0 Å². The molecule has 0 fully saturated rings. The number of aryl methyl sites for hydroxylation is 2. The molecule has 0 unspecified atom stereocenters. The molecule has 0 saturated heterocycles. The SMILES string of the molecule is CCc1ccc(S(=O)(=O)Nc2cnn(C)c2)cc1CO. The first-order valence-electron chi connectivity index (χ1n) is 6.20. The van der Waals surface area contributed by atoms with Gasteiger partial charge in [0.1, 0.15) is 0 Å². The Morgan fingerprint density at radius 3 is 2.65 bits per heavy atom. The minimum atomic E-state index is -3.67. The Labute approximate surface area is 118 Å². The van der Waals surface area contributed by atoms with E-state index in [0.29, 0.717) is 11.3 Å². The minimum absolute atomic E-state index is 0.127. The maximum Gasteiger partial charge on any atom is 0.262 e. The van der Waals surface area contributed by atoms with Gasteiger partial charge in [-0.1, -0.05) is 13.0 Å². The number of aliphatic hydroxyl groups excluding tert-OH is 1. The number of aromatic nitrogens is 2. The summed E-state index contributed by atoms with van der Waals surface area (Å²) in [5.41, 5.74) is 1.96. The zero-order valence-corrected chi connectivity index (χ0v) is 12.2. The van der Waals surface area contributed by atoms with Crippen molar-refractivity contribution < 1.29 is 13.5 Å². The van der Waals surface area contributed by atoms with Gasteiger partial charge in [-0.3, -0.25) is 9.40 Å². The van der Waals surface area contributed by atoms with Gasteiger partial charge in [0.15, 0.2) is 0 Å². The molecule has 2 N–H and O–H groups in total. The summed E-state index contributed by atoms with van der Waals surface area (Å²) in [5.74, 6) is 0. The van der Waals surface area contributed by atoms with E-state index in [-0.39, 0.29) is 11.5 Å². The first-order valence-corrected chi connectivity index (χ1v) is 7.68. The number of sulfonamides is 1. The molecule has 0 saturated carbocycles. The highest BCUT2D eigenvalue weighted by Crippen LogP contribution is 2.19. The first kappa shape index (κ1) is 14.5. The molecule has 0 radical (unpaired) electrons. The molecule has 7 heteroatoms. The molecule has 0 amide bonds. The van der Waals surface area contributed by atoms with E-state index in [0.717, 1.165) is 12.0 Å². The van der Waals surface area contributed by atoms with Crippen molar-refractivity contribution >= 4 is 15.7 Å². The van der Waals surface area contributed by atoms with Crippen LogP contribution >= 0.6 is 0 Å². The molecular weight excluding hydrogens is 278 g/mol. The zero-order valence-electron chi connectivity index (χ0n) is 11.4. The van der Waals surface area contributed by atoms with Gasteiger partial charge in [-0.15, -0.1) is 0 Å². The summed E-state index contributed by atoms with van der Waals surface area (Å²) in [4.78, 5) is 0.127. The topological polar surface area (TPSA) is 84.2 Å². The lowest BCUT2D eigenvalue weighted by Crippen LogP contribution is -2.13. The standard InChI is InChI=1S/C13H17N3O3S/c1-3-10-4-5-13(6-11(10)9-17)20(18,19)15-12-7-14-16(2)8-12/h4-8,15,17H,3,9H2,1-2H3. The van der Waals surface area contributed by atoms with Gasteiger partial charge in [-0.25, -0.2) is 8.42 Å². The number of nitrogens with zero attached hydrogens (tertiary/aromatic N) is 2. The lowest BCUT2D eigenvalue weighted by Gasteiger charge is -2.10. The normalized spacial score (nSPS) is 11.6. The fraction of sp³-hybridized carbons (Fsp3) is 0.308. The van der Waals surface area contributed by atoms with E-state index in [9.17, 15) is 13.5 Å². The number of benzene rings is 1. The van der Waals surface area contributed by atoms with Crippen LogP contribution in [0.4, 0.5) is 5.69 Å². The fourth-order valence-corrected chi connectivity index (χ4v) is 3.03. The van der Waals surface area contributed by atoms with Gasteiger partial charge in [0.2, 0.25) is 0 Å². The summed E-state index contributed by atoms with van der Waals surface area (Å²) < 4.78 is 28.5. The van der Waals surface area contributed by atoms with Crippen LogP contribution < -0.4 is 4.72 Å². The third-order valence-electron chi connectivity index (χ3n) is 3.00. The Morgan fingerprint density at radius 1 is 1.35 bits per heavy atom. The second-order valence-electron chi connectivity index (χ2n) is 4.45. The maximum absolute atomic E-state index is 12.2. The van der Waals surface area contributed by atoms with Crippen molar-refractivity contribution in [2.45, 2.75) is 24.8 Å². The number of anilines is 1. The summed E-state index contributed by atoms with van der Waals surface area (Å²) in [6, 6.07) is 4.76. The van der Waals surface area contributed by atoms with E-state index in [4.69, 9.17) is 0 Å². The molecule has 6 nitrogen and oxygen atoms in total. The maximum atomic E-state index is 12.2. The van der Waals surface area contributed by atoms with Crippen LogP contribution in [0.2, 0.25) is 0 Å². The van der Waals surface area contributed by atoms with E-state index < -0.39 is 10.0 Å². The first-order chi connectivity index (χ1) is 9.46. The number of aliphatic hydroxyl groups is 1. The number of hydrogen-bond acceptors (Lipinski definition) is 4. The smallest absolute Gasteiger partial charge is 0.262 e. The van der Waals surface area contributed by atoms with Crippen molar-refractivity contribution in [3.8, 4) is 0 Å². The van der Waals surface area contributed by atoms with Crippen molar-refractivity contribution in [2.75, 3.05) is 4.72 Å². The molecule has 0 aliphatic rings. The molecule has 108 valence electrons. The van der Waals surface area contributed by atoms with Crippen LogP contribution in [0.3, 0.4) is 0 Å². The van der Waals surface area contributed by atoms with E-state index in [1.54, 1.807) is 19.3 Å². The zero-order chi connectivity index (χ0) is 14.8. The molecule has 1 heterocycles. The van der Waals surface area contributed by atoms with Crippen molar-refractivity contribution in [3.05, 3.63) is 41.7 Å². The summed E-state index contributed by atoms with van der Waals surface area (Å²) >= 11 is 0. The van der Waals surface area contributed by atoms with Crippen LogP contribution in [0.15, 0.2) is 35.5 Å². The number of nitrogens with one attached hydrogen (secondary N) is 1. The van der Waals surface area contributed by atoms with Crippen molar-refractivity contribution in [2.24, 2.45) is 7.05 Å². The second kappa shape index (κ2) is 5.64. The van der Waals surface area contributed by atoms with Gasteiger partial charge in [-0.2, -0.15) is 5.10 Å². The van der Waals surface area contributed by atoms with E-state index >= 15 is 0 Å². The summed E-state index contributed by atoms with van der Waals surface area (Å²) in [5, 5.41) is 13.2. The second-order valence-corrected chi connectivity index (χ2v) is 6.13.